The highest BCUT2D eigenvalue weighted by Gasteiger charge is 2.14. The molecule has 0 saturated carbocycles. The number of carbonyl (C=O) groups excluding carboxylic acids is 1. The van der Waals surface area contributed by atoms with Crippen molar-refractivity contribution in [2.45, 2.75) is 20.3 Å². The molecule has 0 unspecified atom stereocenters. The lowest BCUT2D eigenvalue weighted by molar-refractivity contribution is 0.0527. The molecular formula is C15H17NO2. The first-order chi connectivity index (χ1) is 8.76. The van der Waals surface area contributed by atoms with Crippen LogP contribution in [-0.4, -0.2) is 17.6 Å². The second kappa shape index (κ2) is 5.54. The number of hydrogen-bond acceptors (Lipinski definition) is 2. The SMILES string of the molecule is CCOC(=O)c1cc[nH]c1-c1ccc(CC)cc1. The van der Waals surface area contributed by atoms with E-state index >= 15 is 0 Å². The largest absolute Gasteiger partial charge is 0.462 e. The van der Waals surface area contributed by atoms with E-state index in [1.165, 1.54) is 5.56 Å². The molecule has 0 saturated heterocycles. The summed E-state index contributed by atoms with van der Waals surface area (Å²) in [6, 6.07) is 9.94. The molecule has 0 aliphatic heterocycles. The smallest absolute Gasteiger partial charge is 0.340 e. The van der Waals surface area contributed by atoms with Gasteiger partial charge in [-0.1, -0.05) is 31.2 Å². The summed E-state index contributed by atoms with van der Waals surface area (Å²) in [6.07, 6.45) is 2.77. The molecule has 94 valence electrons. The van der Waals surface area contributed by atoms with Crippen LogP contribution in [-0.2, 0) is 11.2 Å². The molecule has 0 atom stereocenters. The molecule has 0 aliphatic carbocycles. The zero-order valence-electron chi connectivity index (χ0n) is 10.7. The van der Waals surface area contributed by atoms with E-state index in [0.717, 1.165) is 17.7 Å². The highest BCUT2D eigenvalue weighted by atomic mass is 16.5. The number of rotatable bonds is 4. The van der Waals surface area contributed by atoms with E-state index in [2.05, 4.69) is 24.0 Å². The average Bonchev–Trinajstić information content (AvgIpc) is 2.88. The third-order valence-corrected chi connectivity index (χ3v) is 2.89. The number of benzene rings is 1. The molecule has 2 rings (SSSR count). The van der Waals surface area contributed by atoms with Crippen LogP contribution in [0.4, 0.5) is 0 Å². The lowest BCUT2D eigenvalue weighted by Crippen LogP contribution is -2.04. The van der Waals surface area contributed by atoms with Crippen LogP contribution in [0.1, 0.15) is 29.8 Å². The van der Waals surface area contributed by atoms with Crippen molar-refractivity contribution in [1.82, 2.24) is 4.98 Å². The maximum Gasteiger partial charge on any atom is 0.340 e. The number of hydrogen-bond donors (Lipinski definition) is 1. The fraction of sp³-hybridized carbons (Fsp3) is 0.267. The molecular weight excluding hydrogens is 226 g/mol. The molecule has 0 amide bonds. The number of nitrogens with one attached hydrogen (secondary N) is 1. The Morgan fingerprint density at radius 3 is 2.50 bits per heavy atom. The first-order valence-corrected chi connectivity index (χ1v) is 6.20. The Bertz CT molecular complexity index is 526. The number of H-pyrrole nitrogens is 1. The second-order valence-corrected chi connectivity index (χ2v) is 4.04. The van der Waals surface area contributed by atoms with E-state index in [9.17, 15) is 4.79 Å². The van der Waals surface area contributed by atoms with E-state index in [0.29, 0.717) is 12.2 Å². The molecule has 2 aromatic rings. The van der Waals surface area contributed by atoms with Gasteiger partial charge < -0.3 is 9.72 Å². The van der Waals surface area contributed by atoms with Gasteiger partial charge in [-0.25, -0.2) is 4.79 Å². The van der Waals surface area contributed by atoms with Crippen LogP contribution < -0.4 is 0 Å². The van der Waals surface area contributed by atoms with Gasteiger partial charge >= 0.3 is 5.97 Å². The first-order valence-electron chi connectivity index (χ1n) is 6.20. The summed E-state index contributed by atoms with van der Waals surface area (Å²) in [4.78, 5) is 14.9. The number of aromatic nitrogens is 1. The molecule has 1 aromatic heterocycles. The molecule has 3 nitrogen and oxygen atoms in total. The maximum atomic E-state index is 11.8. The first kappa shape index (κ1) is 12.4. The molecule has 0 radical (unpaired) electrons. The van der Waals surface area contributed by atoms with Crippen molar-refractivity contribution >= 4 is 5.97 Å². The van der Waals surface area contributed by atoms with Crippen molar-refractivity contribution in [3.63, 3.8) is 0 Å². The Morgan fingerprint density at radius 1 is 1.17 bits per heavy atom. The second-order valence-electron chi connectivity index (χ2n) is 4.04. The highest BCUT2D eigenvalue weighted by molar-refractivity contribution is 5.96. The number of aryl methyl sites for hydroxylation is 1. The summed E-state index contributed by atoms with van der Waals surface area (Å²) < 4.78 is 5.03. The Morgan fingerprint density at radius 2 is 1.89 bits per heavy atom. The normalized spacial score (nSPS) is 10.3. The number of aromatic amines is 1. The Labute approximate surface area is 107 Å². The average molecular weight is 243 g/mol. The monoisotopic (exact) mass is 243 g/mol. The minimum atomic E-state index is -0.284. The van der Waals surface area contributed by atoms with Gasteiger partial charge in [0.15, 0.2) is 0 Å². The van der Waals surface area contributed by atoms with Crippen molar-refractivity contribution < 1.29 is 9.53 Å². The van der Waals surface area contributed by atoms with Gasteiger partial charge in [-0.2, -0.15) is 0 Å². The van der Waals surface area contributed by atoms with E-state index < -0.39 is 0 Å². The number of carbonyl (C=O) groups is 1. The van der Waals surface area contributed by atoms with Crippen LogP contribution >= 0.6 is 0 Å². The van der Waals surface area contributed by atoms with Crippen molar-refractivity contribution in [3.05, 3.63) is 47.7 Å². The fourth-order valence-corrected chi connectivity index (χ4v) is 1.89. The summed E-state index contributed by atoms with van der Waals surface area (Å²) in [5.74, 6) is -0.284. The van der Waals surface area contributed by atoms with Crippen LogP contribution in [0.3, 0.4) is 0 Å². The molecule has 18 heavy (non-hydrogen) atoms. The third-order valence-electron chi connectivity index (χ3n) is 2.89. The summed E-state index contributed by atoms with van der Waals surface area (Å²) in [5, 5.41) is 0. The number of esters is 1. The zero-order valence-corrected chi connectivity index (χ0v) is 10.7. The van der Waals surface area contributed by atoms with Gasteiger partial charge in [0.05, 0.1) is 17.9 Å². The van der Waals surface area contributed by atoms with Gasteiger partial charge in [-0.05, 0) is 30.5 Å². The predicted octanol–water partition coefficient (Wildman–Crippen LogP) is 3.42. The standard InChI is InChI=1S/C15H17NO2/c1-3-11-5-7-12(8-6-11)14-13(9-10-16-14)15(17)18-4-2/h5-10,16H,3-4H2,1-2H3. The number of ether oxygens (including phenoxy) is 1. The molecule has 0 spiro atoms. The minimum absolute atomic E-state index is 0.284. The quantitative estimate of drug-likeness (QED) is 0.836. The minimum Gasteiger partial charge on any atom is -0.462 e. The topological polar surface area (TPSA) is 42.1 Å². The van der Waals surface area contributed by atoms with Crippen LogP contribution in [0.15, 0.2) is 36.5 Å². The van der Waals surface area contributed by atoms with E-state index in [1.54, 1.807) is 19.2 Å². The maximum absolute atomic E-state index is 11.8. The van der Waals surface area contributed by atoms with Crippen LogP contribution in [0.2, 0.25) is 0 Å². The Hall–Kier alpha value is -2.03. The van der Waals surface area contributed by atoms with Crippen molar-refractivity contribution in [1.29, 1.82) is 0 Å². The van der Waals surface area contributed by atoms with Gasteiger partial charge in [-0.15, -0.1) is 0 Å². The van der Waals surface area contributed by atoms with Crippen molar-refractivity contribution in [2.75, 3.05) is 6.61 Å². The van der Waals surface area contributed by atoms with E-state index in [1.807, 2.05) is 12.1 Å². The van der Waals surface area contributed by atoms with Crippen LogP contribution in [0.5, 0.6) is 0 Å². The molecule has 0 aliphatic rings. The highest BCUT2D eigenvalue weighted by Crippen LogP contribution is 2.23. The molecule has 1 aromatic carbocycles. The van der Waals surface area contributed by atoms with E-state index in [4.69, 9.17) is 4.74 Å². The lowest BCUT2D eigenvalue weighted by atomic mass is 10.1. The zero-order chi connectivity index (χ0) is 13.0. The lowest BCUT2D eigenvalue weighted by Gasteiger charge is -2.05. The van der Waals surface area contributed by atoms with Gasteiger partial charge in [0.1, 0.15) is 0 Å². The fourth-order valence-electron chi connectivity index (χ4n) is 1.89. The van der Waals surface area contributed by atoms with Crippen LogP contribution in [0, 0.1) is 0 Å². The van der Waals surface area contributed by atoms with Gasteiger partial charge in [0, 0.05) is 6.20 Å². The van der Waals surface area contributed by atoms with Crippen LogP contribution in [0.25, 0.3) is 11.3 Å². The van der Waals surface area contributed by atoms with Gasteiger partial charge in [-0.3, -0.25) is 0 Å². The van der Waals surface area contributed by atoms with E-state index in [-0.39, 0.29) is 5.97 Å². The molecule has 1 heterocycles. The Kier molecular flexibility index (Phi) is 3.82. The predicted molar refractivity (Wildman–Crippen MR) is 71.6 cm³/mol. The molecule has 1 N–H and O–H groups in total. The van der Waals surface area contributed by atoms with Gasteiger partial charge in [0.2, 0.25) is 0 Å². The summed E-state index contributed by atoms with van der Waals surface area (Å²) in [6.45, 7) is 4.31. The third kappa shape index (κ3) is 2.45. The van der Waals surface area contributed by atoms with Crippen molar-refractivity contribution in [3.8, 4) is 11.3 Å². The molecule has 0 fully saturated rings. The molecule has 3 heteroatoms. The summed E-state index contributed by atoms with van der Waals surface area (Å²) in [7, 11) is 0. The van der Waals surface area contributed by atoms with Gasteiger partial charge in [0.25, 0.3) is 0 Å². The Balaban J connectivity index is 2.32. The summed E-state index contributed by atoms with van der Waals surface area (Å²) >= 11 is 0. The van der Waals surface area contributed by atoms with Crippen molar-refractivity contribution in [2.24, 2.45) is 0 Å². The summed E-state index contributed by atoms with van der Waals surface area (Å²) in [5.41, 5.74) is 3.68. The molecule has 0 bridgehead atoms.